The Morgan fingerprint density at radius 1 is 1.20 bits per heavy atom. The van der Waals surface area contributed by atoms with Crippen LogP contribution in [0.15, 0.2) is 18.2 Å². The van der Waals surface area contributed by atoms with Crippen LogP contribution in [0, 0.1) is 13.8 Å². The number of aliphatic hydroxyl groups is 2. The number of aromatic amines is 1. The van der Waals surface area contributed by atoms with Gasteiger partial charge >= 0.3 is 0 Å². The predicted octanol–water partition coefficient (Wildman–Crippen LogP) is 1.21. The molecule has 5 heteroatoms. The largest absolute Gasteiger partial charge is 0.395 e. The van der Waals surface area contributed by atoms with Gasteiger partial charge in [-0.3, -0.25) is 4.79 Å². The lowest BCUT2D eigenvalue weighted by molar-refractivity contribution is 0.0685. The number of hydrogen-bond donors (Lipinski definition) is 3. The molecule has 0 aliphatic heterocycles. The number of aromatic nitrogens is 1. The summed E-state index contributed by atoms with van der Waals surface area (Å²) in [6.45, 7) is 4.24. The summed E-state index contributed by atoms with van der Waals surface area (Å²) in [7, 11) is 0. The zero-order chi connectivity index (χ0) is 14.7. The van der Waals surface area contributed by atoms with Gasteiger partial charge in [0.25, 0.3) is 5.91 Å². The van der Waals surface area contributed by atoms with E-state index < -0.39 is 0 Å². The van der Waals surface area contributed by atoms with Gasteiger partial charge in [0.1, 0.15) is 0 Å². The van der Waals surface area contributed by atoms with Crippen LogP contribution in [0.1, 0.15) is 21.6 Å². The lowest BCUT2D eigenvalue weighted by atomic mass is 10.1. The SMILES string of the molecule is Cc1[nH]c2ccc(C(=O)N(CCO)CCO)cc2c1C. The summed E-state index contributed by atoms with van der Waals surface area (Å²) in [5.74, 6) is -0.173. The molecular formula is C15H20N2O3. The zero-order valence-corrected chi connectivity index (χ0v) is 11.8. The van der Waals surface area contributed by atoms with Gasteiger partial charge in [0.15, 0.2) is 0 Å². The summed E-state index contributed by atoms with van der Waals surface area (Å²) in [5.41, 5.74) is 3.80. The molecule has 2 aromatic rings. The van der Waals surface area contributed by atoms with Gasteiger partial charge in [-0.05, 0) is 37.6 Å². The molecule has 0 spiro atoms. The Kier molecular flexibility index (Phi) is 4.42. The van der Waals surface area contributed by atoms with Crippen molar-refractivity contribution in [3.63, 3.8) is 0 Å². The fraction of sp³-hybridized carbons (Fsp3) is 0.400. The van der Waals surface area contributed by atoms with Gasteiger partial charge in [-0.1, -0.05) is 0 Å². The maximum Gasteiger partial charge on any atom is 0.254 e. The van der Waals surface area contributed by atoms with Crippen molar-refractivity contribution < 1.29 is 15.0 Å². The first-order valence-electron chi connectivity index (χ1n) is 6.68. The first-order valence-corrected chi connectivity index (χ1v) is 6.68. The Morgan fingerprint density at radius 2 is 1.85 bits per heavy atom. The van der Waals surface area contributed by atoms with E-state index in [1.54, 1.807) is 6.07 Å². The molecular weight excluding hydrogens is 256 g/mol. The molecule has 2 rings (SSSR count). The standard InChI is InChI=1S/C15H20N2O3/c1-10-11(2)16-14-4-3-12(9-13(10)14)15(20)17(5-7-18)6-8-19/h3-4,9,16,18-19H,5-8H2,1-2H3. The first-order chi connectivity index (χ1) is 9.58. The van der Waals surface area contributed by atoms with Gasteiger partial charge in [0.2, 0.25) is 0 Å². The number of benzene rings is 1. The highest BCUT2D eigenvalue weighted by Crippen LogP contribution is 2.23. The summed E-state index contributed by atoms with van der Waals surface area (Å²) >= 11 is 0. The summed E-state index contributed by atoms with van der Waals surface area (Å²) in [6, 6.07) is 5.51. The van der Waals surface area contributed by atoms with E-state index in [1.807, 2.05) is 26.0 Å². The Morgan fingerprint density at radius 3 is 2.45 bits per heavy atom. The van der Waals surface area contributed by atoms with Gasteiger partial charge in [0, 0.05) is 35.2 Å². The molecule has 5 nitrogen and oxygen atoms in total. The summed E-state index contributed by atoms with van der Waals surface area (Å²) in [6.07, 6.45) is 0. The van der Waals surface area contributed by atoms with Crippen LogP contribution in [0.2, 0.25) is 0 Å². The molecule has 0 bridgehead atoms. The Balaban J connectivity index is 2.36. The van der Waals surface area contributed by atoms with Crippen molar-refractivity contribution in [1.82, 2.24) is 9.88 Å². The van der Waals surface area contributed by atoms with E-state index in [0.29, 0.717) is 5.56 Å². The molecule has 0 saturated heterocycles. The van der Waals surface area contributed by atoms with Crippen LogP contribution in [-0.4, -0.2) is 52.3 Å². The second-order valence-electron chi connectivity index (χ2n) is 4.87. The summed E-state index contributed by atoms with van der Waals surface area (Å²) < 4.78 is 0. The fourth-order valence-electron chi connectivity index (χ4n) is 2.33. The van der Waals surface area contributed by atoms with E-state index in [9.17, 15) is 4.79 Å². The van der Waals surface area contributed by atoms with Crippen LogP contribution < -0.4 is 0 Å². The molecule has 0 radical (unpaired) electrons. The van der Waals surface area contributed by atoms with Gasteiger partial charge < -0.3 is 20.1 Å². The number of fused-ring (bicyclic) bond motifs is 1. The third-order valence-corrected chi connectivity index (χ3v) is 3.58. The molecule has 108 valence electrons. The molecule has 0 fully saturated rings. The van der Waals surface area contributed by atoms with Crippen LogP contribution in [0.25, 0.3) is 10.9 Å². The molecule has 0 aliphatic rings. The van der Waals surface area contributed by atoms with Crippen molar-refractivity contribution in [1.29, 1.82) is 0 Å². The third kappa shape index (κ3) is 2.69. The Hall–Kier alpha value is -1.85. The first kappa shape index (κ1) is 14.6. The van der Waals surface area contributed by atoms with E-state index in [0.717, 1.165) is 22.2 Å². The van der Waals surface area contributed by atoms with Crippen molar-refractivity contribution in [3.05, 3.63) is 35.0 Å². The normalized spacial score (nSPS) is 11.0. The highest BCUT2D eigenvalue weighted by atomic mass is 16.3. The van der Waals surface area contributed by atoms with Crippen molar-refractivity contribution in [2.75, 3.05) is 26.3 Å². The van der Waals surface area contributed by atoms with Gasteiger partial charge in [-0.2, -0.15) is 0 Å². The number of carbonyl (C=O) groups excluding carboxylic acids is 1. The topological polar surface area (TPSA) is 76.6 Å². The maximum atomic E-state index is 12.4. The van der Waals surface area contributed by atoms with Crippen LogP contribution >= 0.6 is 0 Å². The molecule has 0 unspecified atom stereocenters. The number of amides is 1. The number of H-pyrrole nitrogens is 1. The number of nitrogens with zero attached hydrogens (tertiary/aromatic N) is 1. The van der Waals surface area contributed by atoms with Crippen LogP contribution in [0.3, 0.4) is 0 Å². The molecule has 20 heavy (non-hydrogen) atoms. The highest BCUT2D eigenvalue weighted by Gasteiger charge is 2.16. The molecule has 1 heterocycles. The molecule has 1 amide bonds. The summed E-state index contributed by atoms with van der Waals surface area (Å²) in [4.78, 5) is 17.1. The molecule has 0 aliphatic carbocycles. The highest BCUT2D eigenvalue weighted by molar-refractivity contribution is 5.99. The molecule has 0 atom stereocenters. The zero-order valence-electron chi connectivity index (χ0n) is 11.8. The lowest BCUT2D eigenvalue weighted by Crippen LogP contribution is -2.35. The number of rotatable bonds is 5. The second kappa shape index (κ2) is 6.07. The Labute approximate surface area is 117 Å². The van der Waals surface area contributed by atoms with Gasteiger partial charge in [0.05, 0.1) is 13.2 Å². The van der Waals surface area contributed by atoms with Crippen molar-refractivity contribution in [2.24, 2.45) is 0 Å². The van der Waals surface area contributed by atoms with Crippen LogP contribution in [0.5, 0.6) is 0 Å². The average Bonchev–Trinajstić information content (AvgIpc) is 2.73. The number of aryl methyl sites for hydroxylation is 2. The van der Waals surface area contributed by atoms with Crippen molar-refractivity contribution in [2.45, 2.75) is 13.8 Å². The molecule has 3 N–H and O–H groups in total. The fourth-order valence-corrected chi connectivity index (χ4v) is 2.33. The van der Waals surface area contributed by atoms with E-state index >= 15 is 0 Å². The van der Waals surface area contributed by atoms with Crippen LogP contribution in [-0.2, 0) is 0 Å². The predicted molar refractivity (Wildman–Crippen MR) is 77.8 cm³/mol. The van der Waals surface area contributed by atoms with E-state index in [1.165, 1.54) is 4.90 Å². The number of aliphatic hydroxyl groups excluding tert-OH is 2. The van der Waals surface area contributed by atoms with Crippen molar-refractivity contribution in [3.8, 4) is 0 Å². The lowest BCUT2D eigenvalue weighted by Gasteiger charge is -2.20. The monoisotopic (exact) mass is 276 g/mol. The maximum absolute atomic E-state index is 12.4. The summed E-state index contributed by atoms with van der Waals surface area (Å²) in [5, 5.41) is 19.0. The van der Waals surface area contributed by atoms with Gasteiger partial charge in [-0.15, -0.1) is 0 Å². The Bertz CT molecular complexity index is 613. The minimum atomic E-state index is -0.173. The second-order valence-corrected chi connectivity index (χ2v) is 4.87. The van der Waals surface area contributed by atoms with E-state index in [2.05, 4.69) is 4.98 Å². The van der Waals surface area contributed by atoms with Crippen molar-refractivity contribution >= 4 is 16.8 Å². The van der Waals surface area contributed by atoms with Gasteiger partial charge in [-0.25, -0.2) is 0 Å². The minimum absolute atomic E-state index is 0.115. The minimum Gasteiger partial charge on any atom is -0.395 e. The number of nitrogens with one attached hydrogen (secondary N) is 1. The number of carbonyl (C=O) groups is 1. The van der Waals surface area contributed by atoms with E-state index in [-0.39, 0.29) is 32.2 Å². The van der Waals surface area contributed by atoms with E-state index in [4.69, 9.17) is 10.2 Å². The average molecular weight is 276 g/mol. The quantitative estimate of drug-likeness (QED) is 0.768. The molecule has 1 aromatic heterocycles. The van der Waals surface area contributed by atoms with Crippen LogP contribution in [0.4, 0.5) is 0 Å². The molecule has 0 saturated carbocycles. The molecule has 1 aromatic carbocycles. The smallest absolute Gasteiger partial charge is 0.254 e. The number of hydrogen-bond acceptors (Lipinski definition) is 3. The third-order valence-electron chi connectivity index (χ3n) is 3.58.